The largest absolute Gasteiger partial charge is 0.440 e. The number of halogens is 3. The Bertz CT molecular complexity index is 1420. The third kappa shape index (κ3) is 5.53. The van der Waals surface area contributed by atoms with Crippen LogP contribution in [0.4, 0.5) is 15.9 Å². The number of carbonyl (C=O) groups is 2. The van der Waals surface area contributed by atoms with E-state index in [4.69, 9.17) is 23.2 Å². The number of piperidine rings is 1. The number of likely N-dealkylation sites (tertiary alicyclic amines) is 1. The van der Waals surface area contributed by atoms with Crippen molar-refractivity contribution in [1.82, 2.24) is 9.88 Å². The van der Waals surface area contributed by atoms with Gasteiger partial charge in [0.25, 0.3) is 5.91 Å². The molecule has 3 aromatic rings. The summed E-state index contributed by atoms with van der Waals surface area (Å²) in [6.07, 6.45) is 2.74. The number of hydrogen-bond acceptors (Lipinski definition) is 5. The number of hydrogen-bond donors (Lipinski definition) is 1. The third-order valence-corrected chi connectivity index (χ3v) is 8.22. The van der Waals surface area contributed by atoms with E-state index in [1.165, 1.54) is 24.6 Å². The van der Waals surface area contributed by atoms with Crippen LogP contribution in [0.25, 0.3) is 16.4 Å². The molecule has 2 saturated heterocycles. The molecule has 0 radical (unpaired) electrons. The molecule has 3 heterocycles. The van der Waals surface area contributed by atoms with Gasteiger partial charge in [0.1, 0.15) is 5.82 Å². The summed E-state index contributed by atoms with van der Waals surface area (Å²) in [7, 11) is 0. The number of anilines is 1. The number of fused-ring (bicyclic) bond motifs is 1. The van der Waals surface area contributed by atoms with E-state index >= 15 is 0 Å². The summed E-state index contributed by atoms with van der Waals surface area (Å²) >= 11 is 12.6. The molecule has 2 unspecified atom stereocenters. The molecule has 2 amide bonds. The third-order valence-electron chi connectivity index (χ3n) is 7.58. The number of amides is 2. The van der Waals surface area contributed by atoms with Crippen LogP contribution in [-0.2, 0) is 27.3 Å². The van der Waals surface area contributed by atoms with Gasteiger partial charge >= 0.3 is 0 Å². The second-order valence-corrected chi connectivity index (χ2v) is 11.0. The Morgan fingerprint density at radius 3 is 2.49 bits per heavy atom. The summed E-state index contributed by atoms with van der Waals surface area (Å²) in [4.78, 5) is 34.2. The molecule has 3 aliphatic rings. The zero-order chi connectivity index (χ0) is 26.6. The van der Waals surface area contributed by atoms with E-state index in [0.717, 1.165) is 13.1 Å². The molecule has 3 fully saturated rings. The first-order valence-corrected chi connectivity index (χ1v) is 13.2. The van der Waals surface area contributed by atoms with Gasteiger partial charge in [0.2, 0.25) is 0 Å². The van der Waals surface area contributed by atoms with Crippen LogP contribution in [0.1, 0.15) is 27.1 Å². The molecule has 2 aromatic carbocycles. The topological polar surface area (TPSA) is 87.8 Å². The van der Waals surface area contributed by atoms with Gasteiger partial charge in [-0.3, -0.25) is 9.59 Å². The fourth-order valence-electron chi connectivity index (χ4n) is 5.27. The molecule has 1 saturated carbocycles. The molecule has 1 aliphatic carbocycles. The van der Waals surface area contributed by atoms with Crippen LogP contribution >= 0.6 is 23.2 Å². The molecule has 0 bridgehead atoms. The summed E-state index contributed by atoms with van der Waals surface area (Å²) < 4.78 is 14.4. The van der Waals surface area contributed by atoms with Crippen LogP contribution in [0, 0.1) is 23.6 Å². The van der Waals surface area contributed by atoms with Crippen molar-refractivity contribution in [3.05, 3.63) is 81.0 Å². The number of benzene rings is 2. The maximum absolute atomic E-state index is 14.4. The summed E-state index contributed by atoms with van der Waals surface area (Å²) in [5.74, 6) is -0.174. The SMILES string of the molecule is O=C([N-]c1ncc(-c2cc(C(=O)N3CC(CO)C3)ccc2Cl)cc1N1CC2CC2C1)c1c(F)cccc1Cl.[Cd]. The van der Waals surface area contributed by atoms with E-state index in [2.05, 4.69) is 15.2 Å². The van der Waals surface area contributed by atoms with E-state index in [0.29, 0.717) is 52.3 Å². The number of rotatable bonds is 6. The standard InChI is InChI=1S/C28H25Cl2FN4O3.Cd/c29-21-5-4-16(28(38)35-10-15(11-35)14-36)7-20(21)17-8-24(34-12-18-6-19(18)13-34)26(32-9-17)33-27(37)25-22(30)2-1-3-23(25)31;/h1-5,7-9,15,18-19,36H,6,10-14H2,(H,32,33,37);/p-1. The van der Waals surface area contributed by atoms with E-state index < -0.39 is 11.7 Å². The zero-order valence-electron chi connectivity index (χ0n) is 21.0. The van der Waals surface area contributed by atoms with Gasteiger partial charge in [-0.15, -0.1) is 0 Å². The molecule has 2 aliphatic heterocycles. The second-order valence-electron chi connectivity index (χ2n) is 10.2. The van der Waals surface area contributed by atoms with Crippen LogP contribution in [-0.4, -0.2) is 59.6 Å². The molecular weight excluding hydrogens is 643 g/mol. The van der Waals surface area contributed by atoms with Crippen molar-refractivity contribution >= 4 is 46.5 Å². The Balaban J connectivity index is 0.00000308. The summed E-state index contributed by atoms with van der Waals surface area (Å²) in [5.41, 5.74) is 2.15. The monoisotopic (exact) mass is 667 g/mol. The number of aromatic nitrogens is 1. The van der Waals surface area contributed by atoms with Gasteiger partial charge in [-0.1, -0.05) is 35.5 Å². The number of nitrogens with zero attached hydrogens (tertiary/aromatic N) is 4. The molecule has 0 spiro atoms. The van der Waals surface area contributed by atoms with Crippen LogP contribution < -0.4 is 4.90 Å². The van der Waals surface area contributed by atoms with Gasteiger partial charge < -0.3 is 25.2 Å². The quantitative estimate of drug-likeness (QED) is 0.349. The first-order chi connectivity index (χ1) is 18.3. The van der Waals surface area contributed by atoms with Crippen molar-refractivity contribution < 1.29 is 46.4 Å². The van der Waals surface area contributed by atoms with Crippen molar-refractivity contribution in [2.45, 2.75) is 6.42 Å². The second kappa shape index (κ2) is 11.3. The smallest absolute Gasteiger partial charge is 0.253 e. The molecule has 2 atom stereocenters. The van der Waals surface area contributed by atoms with Gasteiger partial charge in [0.15, 0.2) is 5.91 Å². The fraction of sp³-hybridized carbons (Fsp3) is 0.321. The number of aliphatic hydroxyl groups is 1. The zero-order valence-corrected chi connectivity index (χ0v) is 26.5. The molecule has 1 aromatic heterocycles. The van der Waals surface area contributed by atoms with Crippen LogP contribution in [0.15, 0.2) is 48.7 Å². The van der Waals surface area contributed by atoms with Gasteiger partial charge in [-0.25, -0.2) is 4.39 Å². The maximum atomic E-state index is 14.4. The van der Waals surface area contributed by atoms with Crippen molar-refractivity contribution in [3.8, 4) is 11.1 Å². The first kappa shape index (κ1) is 28.3. The molecule has 198 valence electrons. The predicted molar refractivity (Wildman–Crippen MR) is 144 cm³/mol. The molecule has 1 N–H and O–H groups in total. The number of aliphatic hydroxyl groups excluding tert-OH is 1. The molecule has 39 heavy (non-hydrogen) atoms. The normalized spacial score (nSPS) is 19.7. The predicted octanol–water partition coefficient (Wildman–Crippen LogP) is 5.56. The van der Waals surface area contributed by atoms with Crippen molar-refractivity contribution in [2.75, 3.05) is 37.7 Å². The van der Waals surface area contributed by atoms with Gasteiger partial charge in [0.05, 0.1) is 10.6 Å². The number of carbonyl (C=O) groups excluding carboxylic acids is 2. The van der Waals surface area contributed by atoms with Crippen LogP contribution in [0.5, 0.6) is 0 Å². The van der Waals surface area contributed by atoms with Crippen molar-refractivity contribution in [3.63, 3.8) is 0 Å². The Morgan fingerprint density at radius 1 is 1.05 bits per heavy atom. The minimum atomic E-state index is -0.805. The summed E-state index contributed by atoms with van der Waals surface area (Å²) in [6.45, 7) is 2.74. The fourth-order valence-corrected chi connectivity index (χ4v) is 5.74. The Kier molecular flexibility index (Phi) is 8.19. The van der Waals surface area contributed by atoms with E-state index in [9.17, 15) is 19.1 Å². The molecule has 11 heteroatoms. The summed E-state index contributed by atoms with van der Waals surface area (Å²) in [6, 6.07) is 11.0. The minimum Gasteiger partial charge on any atom is -0.440 e. The first-order valence-electron chi connectivity index (χ1n) is 12.5. The molecule has 6 rings (SSSR count). The maximum Gasteiger partial charge on any atom is 0.253 e. The van der Waals surface area contributed by atoms with Crippen LogP contribution in [0.2, 0.25) is 10.0 Å². The minimum absolute atomic E-state index is 0. The number of pyridine rings is 1. The van der Waals surface area contributed by atoms with Gasteiger partial charge in [0, 0.05) is 87.8 Å². The Hall–Kier alpha value is -2.28. The van der Waals surface area contributed by atoms with Gasteiger partial charge in [-0.05, 0) is 66.0 Å². The Morgan fingerprint density at radius 2 is 1.79 bits per heavy atom. The van der Waals surface area contributed by atoms with E-state index in [1.54, 1.807) is 29.3 Å². The van der Waals surface area contributed by atoms with Crippen molar-refractivity contribution in [1.29, 1.82) is 0 Å². The average molecular weight is 667 g/mol. The molecular formula is C28H24CdCl2FN4O3-. The van der Waals surface area contributed by atoms with Crippen LogP contribution in [0.3, 0.4) is 0 Å². The molecule has 7 nitrogen and oxygen atoms in total. The average Bonchev–Trinajstić information content (AvgIpc) is 3.48. The van der Waals surface area contributed by atoms with E-state index in [-0.39, 0.29) is 62.1 Å². The van der Waals surface area contributed by atoms with Gasteiger partial charge in [-0.2, -0.15) is 0 Å². The Labute approximate surface area is 255 Å². The van der Waals surface area contributed by atoms with E-state index in [1.807, 2.05) is 6.07 Å². The van der Waals surface area contributed by atoms with Crippen molar-refractivity contribution in [2.24, 2.45) is 17.8 Å². The summed E-state index contributed by atoms with van der Waals surface area (Å²) in [5, 5.41) is 13.9.